The van der Waals surface area contributed by atoms with Crippen molar-refractivity contribution in [2.75, 3.05) is 13.2 Å². The molecule has 0 spiro atoms. The lowest BCUT2D eigenvalue weighted by molar-refractivity contribution is -0.127. The molecule has 158 valence electrons. The normalized spacial score (nSPS) is 12.9. The second-order valence-corrected chi connectivity index (χ2v) is 9.45. The highest BCUT2D eigenvalue weighted by molar-refractivity contribution is 5.80. The zero-order valence-electron chi connectivity index (χ0n) is 18.8. The van der Waals surface area contributed by atoms with E-state index in [1.165, 1.54) is 11.1 Å². The zero-order chi connectivity index (χ0) is 21.7. The Bertz CT molecular complexity index is 781. The van der Waals surface area contributed by atoms with Gasteiger partial charge in [0.15, 0.2) is 6.10 Å². The van der Waals surface area contributed by atoms with Gasteiger partial charge in [0, 0.05) is 0 Å². The summed E-state index contributed by atoms with van der Waals surface area (Å²) < 4.78 is 11.5. The van der Waals surface area contributed by atoms with E-state index in [4.69, 9.17) is 9.47 Å². The van der Waals surface area contributed by atoms with Crippen LogP contribution in [0.25, 0.3) is 0 Å². The molecule has 2 aromatic rings. The Labute approximate surface area is 175 Å². The fourth-order valence-electron chi connectivity index (χ4n) is 2.83. The summed E-state index contributed by atoms with van der Waals surface area (Å²) in [7, 11) is 0. The van der Waals surface area contributed by atoms with Gasteiger partial charge in [0.25, 0.3) is 5.91 Å². The van der Waals surface area contributed by atoms with Crippen LogP contribution in [0.5, 0.6) is 11.5 Å². The molecule has 1 amide bonds. The molecule has 2 rings (SSSR count). The maximum Gasteiger partial charge on any atom is 0.260 e. The van der Waals surface area contributed by atoms with E-state index >= 15 is 0 Å². The molecule has 4 nitrogen and oxygen atoms in total. The standard InChI is InChI=1S/C25H35NO3/c1-18(29-22-14-10-20(11-15-22)25(5,6)7)23(27)26-16-17-28-21-12-8-19(9-13-21)24(2,3)4/h8-15,18H,16-17H2,1-7H3,(H,26,27)/t18-/m0/s1. The summed E-state index contributed by atoms with van der Waals surface area (Å²) in [5, 5.41) is 2.86. The Balaban J connectivity index is 1.74. The first-order valence-corrected chi connectivity index (χ1v) is 10.2. The van der Waals surface area contributed by atoms with Crippen molar-refractivity contribution in [2.24, 2.45) is 0 Å². The Morgan fingerprint density at radius 2 is 1.28 bits per heavy atom. The van der Waals surface area contributed by atoms with Crippen LogP contribution in [0.4, 0.5) is 0 Å². The minimum absolute atomic E-state index is 0.0919. The molecule has 2 aromatic carbocycles. The van der Waals surface area contributed by atoms with Crippen LogP contribution in [0.1, 0.15) is 59.6 Å². The lowest BCUT2D eigenvalue weighted by atomic mass is 9.87. The van der Waals surface area contributed by atoms with Gasteiger partial charge in [-0.2, -0.15) is 0 Å². The minimum atomic E-state index is -0.568. The largest absolute Gasteiger partial charge is 0.492 e. The predicted molar refractivity (Wildman–Crippen MR) is 119 cm³/mol. The van der Waals surface area contributed by atoms with E-state index in [2.05, 4.69) is 59.0 Å². The summed E-state index contributed by atoms with van der Waals surface area (Å²) >= 11 is 0. The molecule has 0 aliphatic carbocycles. The topological polar surface area (TPSA) is 47.6 Å². The number of carbonyl (C=O) groups is 1. The second-order valence-electron chi connectivity index (χ2n) is 9.45. The third kappa shape index (κ3) is 7.12. The first kappa shape index (κ1) is 22.8. The molecule has 0 saturated heterocycles. The van der Waals surface area contributed by atoms with E-state index in [1.54, 1.807) is 6.92 Å². The van der Waals surface area contributed by atoms with Gasteiger partial charge in [0.1, 0.15) is 18.1 Å². The van der Waals surface area contributed by atoms with Crippen molar-refractivity contribution >= 4 is 5.91 Å². The van der Waals surface area contributed by atoms with Crippen LogP contribution < -0.4 is 14.8 Å². The van der Waals surface area contributed by atoms with Gasteiger partial charge in [-0.25, -0.2) is 0 Å². The van der Waals surface area contributed by atoms with Gasteiger partial charge in [0.2, 0.25) is 0 Å². The number of rotatable bonds is 7. The van der Waals surface area contributed by atoms with Crippen LogP contribution in [0.15, 0.2) is 48.5 Å². The minimum Gasteiger partial charge on any atom is -0.492 e. The van der Waals surface area contributed by atoms with E-state index in [-0.39, 0.29) is 16.7 Å². The summed E-state index contributed by atoms with van der Waals surface area (Å²) in [5.74, 6) is 1.34. The Kier molecular flexibility index (Phi) is 7.34. The highest BCUT2D eigenvalue weighted by Crippen LogP contribution is 2.25. The van der Waals surface area contributed by atoms with Crippen LogP contribution in [0.3, 0.4) is 0 Å². The third-order valence-electron chi connectivity index (χ3n) is 4.79. The first-order valence-electron chi connectivity index (χ1n) is 10.2. The molecule has 0 saturated carbocycles. The molecule has 0 heterocycles. The fraction of sp³-hybridized carbons (Fsp3) is 0.480. The Morgan fingerprint density at radius 3 is 1.72 bits per heavy atom. The summed E-state index contributed by atoms with van der Waals surface area (Å²) in [6.45, 7) is 15.6. The van der Waals surface area contributed by atoms with E-state index < -0.39 is 6.10 Å². The summed E-state index contributed by atoms with van der Waals surface area (Å²) in [4.78, 5) is 12.2. The van der Waals surface area contributed by atoms with E-state index in [0.717, 1.165) is 5.75 Å². The maximum absolute atomic E-state index is 12.2. The Morgan fingerprint density at radius 1 is 0.828 bits per heavy atom. The molecule has 29 heavy (non-hydrogen) atoms. The van der Waals surface area contributed by atoms with Gasteiger partial charge in [-0.1, -0.05) is 65.8 Å². The number of ether oxygens (including phenoxy) is 2. The molecule has 0 unspecified atom stereocenters. The number of amides is 1. The van der Waals surface area contributed by atoms with Crippen LogP contribution in [0, 0.1) is 0 Å². The van der Waals surface area contributed by atoms with Gasteiger partial charge in [0.05, 0.1) is 6.54 Å². The van der Waals surface area contributed by atoms with Crippen LogP contribution >= 0.6 is 0 Å². The maximum atomic E-state index is 12.2. The van der Waals surface area contributed by atoms with Crippen LogP contribution in [0.2, 0.25) is 0 Å². The van der Waals surface area contributed by atoms with Gasteiger partial charge in [-0.3, -0.25) is 4.79 Å². The van der Waals surface area contributed by atoms with E-state index in [1.807, 2.05) is 36.4 Å². The monoisotopic (exact) mass is 397 g/mol. The van der Waals surface area contributed by atoms with Crippen molar-refractivity contribution in [1.82, 2.24) is 5.32 Å². The Hall–Kier alpha value is -2.49. The molecule has 0 bridgehead atoms. The molecule has 1 atom stereocenters. The van der Waals surface area contributed by atoms with Gasteiger partial charge in [-0.05, 0) is 53.1 Å². The number of carbonyl (C=O) groups excluding carboxylic acids is 1. The van der Waals surface area contributed by atoms with Crippen molar-refractivity contribution in [3.8, 4) is 11.5 Å². The SMILES string of the molecule is C[C@H](Oc1ccc(C(C)(C)C)cc1)C(=O)NCCOc1ccc(C(C)(C)C)cc1. The lowest BCUT2D eigenvalue weighted by Gasteiger charge is -2.20. The average molecular weight is 398 g/mol. The van der Waals surface area contributed by atoms with Crippen molar-refractivity contribution in [3.63, 3.8) is 0 Å². The van der Waals surface area contributed by atoms with Gasteiger partial charge >= 0.3 is 0 Å². The van der Waals surface area contributed by atoms with Crippen LogP contribution in [-0.4, -0.2) is 25.2 Å². The molecular formula is C25H35NO3. The van der Waals surface area contributed by atoms with Gasteiger partial charge < -0.3 is 14.8 Å². The average Bonchev–Trinajstić information content (AvgIpc) is 2.64. The van der Waals surface area contributed by atoms with Crippen molar-refractivity contribution in [1.29, 1.82) is 0 Å². The highest BCUT2D eigenvalue weighted by Gasteiger charge is 2.16. The van der Waals surface area contributed by atoms with Crippen molar-refractivity contribution in [2.45, 2.75) is 65.4 Å². The molecular weight excluding hydrogens is 362 g/mol. The first-order chi connectivity index (χ1) is 13.5. The molecule has 0 aliphatic rings. The summed E-state index contributed by atoms with van der Waals surface area (Å²) in [5.41, 5.74) is 2.71. The van der Waals surface area contributed by atoms with Crippen molar-refractivity contribution < 1.29 is 14.3 Å². The molecule has 0 fully saturated rings. The van der Waals surface area contributed by atoms with Gasteiger partial charge in [-0.15, -0.1) is 0 Å². The molecule has 0 aromatic heterocycles. The molecule has 4 heteroatoms. The molecule has 0 aliphatic heterocycles. The molecule has 0 radical (unpaired) electrons. The lowest BCUT2D eigenvalue weighted by Crippen LogP contribution is -2.38. The predicted octanol–water partition coefficient (Wildman–Crippen LogP) is 5.24. The van der Waals surface area contributed by atoms with Crippen molar-refractivity contribution in [3.05, 3.63) is 59.7 Å². The zero-order valence-corrected chi connectivity index (χ0v) is 18.8. The quantitative estimate of drug-likeness (QED) is 0.650. The number of nitrogens with one attached hydrogen (secondary N) is 1. The molecule has 1 N–H and O–H groups in total. The van der Waals surface area contributed by atoms with Crippen LogP contribution in [-0.2, 0) is 15.6 Å². The number of benzene rings is 2. The smallest absolute Gasteiger partial charge is 0.260 e. The number of hydrogen-bond acceptors (Lipinski definition) is 3. The fourth-order valence-corrected chi connectivity index (χ4v) is 2.83. The summed E-state index contributed by atoms with van der Waals surface area (Å²) in [6, 6.07) is 16.0. The van der Waals surface area contributed by atoms with E-state index in [0.29, 0.717) is 18.9 Å². The van der Waals surface area contributed by atoms with E-state index in [9.17, 15) is 4.79 Å². The highest BCUT2D eigenvalue weighted by atomic mass is 16.5. The second kappa shape index (κ2) is 9.34. The number of hydrogen-bond donors (Lipinski definition) is 1. The summed E-state index contributed by atoms with van der Waals surface area (Å²) in [6.07, 6.45) is -0.568. The third-order valence-corrected chi connectivity index (χ3v) is 4.79.